The average Bonchev–Trinajstić information content (AvgIpc) is 3.03. The number of benzene rings is 1. The third-order valence-corrected chi connectivity index (χ3v) is 3.74. The summed E-state index contributed by atoms with van der Waals surface area (Å²) in [5.74, 6) is -0.404. The molecule has 0 bridgehead atoms. The lowest BCUT2D eigenvalue weighted by Crippen LogP contribution is -2.13. The highest BCUT2D eigenvalue weighted by Gasteiger charge is 2.16. The minimum Gasteiger partial charge on any atom is -0.396 e. The Labute approximate surface area is 135 Å². The van der Waals surface area contributed by atoms with Gasteiger partial charge in [0.15, 0.2) is 5.82 Å². The van der Waals surface area contributed by atoms with Gasteiger partial charge in [0.2, 0.25) is 0 Å². The van der Waals surface area contributed by atoms with Crippen LogP contribution in [0.25, 0.3) is 16.7 Å². The molecule has 0 saturated carbocycles. The molecule has 0 fully saturated rings. The number of aromatic nitrogens is 4. The second-order valence-electron chi connectivity index (χ2n) is 5.22. The summed E-state index contributed by atoms with van der Waals surface area (Å²) >= 11 is 0. The predicted octanol–water partition coefficient (Wildman–Crippen LogP) is 2.51. The monoisotopic (exact) mass is 324 g/mol. The molecule has 118 valence electrons. The number of anilines is 3. The summed E-state index contributed by atoms with van der Waals surface area (Å²) in [7, 11) is 1.69. The van der Waals surface area contributed by atoms with Crippen LogP contribution in [0.5, 0.6) is 0 Å². The Bertz CT molecular complexity index is 1070. The summed E-state index contributed by atoms with van der Waals surface area (Å²) in [6.07, 6.45) is 1.47. The van der Waals surface area contributed by atoms with Crippen LogP contribution in [0, 0.1) is 23.8 Å². The van der Waals surface area contributed by atoms with E-state index in [9.17, 15) is 8.78 Å². The van der Waals surface area contributed by atoms with Crippen LogP contribution in [0.3, 0.4) is 0 Å². The van der Waals surface area contributed by atoms with Crippen molar-refractivity contribution in [2.24, 2.45) is 0 Å². The molecule has 8 heteroatoms. The number of fused-ring (bicyclic) bond motifs is 3. The van der Waals surface area contributed by atoms with Crippen molar-refractivity contribution in [1.29, 1.82) is 0 Å². The highest BCUT2D eigenvalue weighted by molar-refractivity contribution is 5.95. The fourth-order valence-corrected chi connectivity index (χ4v) is 2.54. The van der Waals surface area contributed by atoms with Crippen molar-refractivity contribution < 1.29 is 8.78 Å². The summed E-state index contributed by atoms with van der Waals surface area (Å²) in [4.78, 5) is 6.01. The number of hydrogen-bond acceptors (Lipinski definition) is 5. The number of hydrogen-bond donors (Lipinski definition) is 1. The van der Waals surface area contributed by atoms with E-state index >= 15 is 0 Å². The first-order chi connectivity index (χ1) is 11.5. The van der Waals surface area contributed by atoms with Crippen molar-refractivity contribution in [3.8, 4) is 0 Å². The molecule has 0 unspecified atom stereocenters. The number of nitrogens with two attached hydrogens (primary N) is 1. The van der Waals surface area contributed by atoms with Crippen LogP contribution in [-0.4, -0.2) is 26.6 Å². The molecule has 4 rings (SSSR count). The first-order valence-corrected chi connectivity index (χ1v) is 6.95. The zero-order valence-corrected chi connectivity index (χ0v) is 12.5. The molecule has 4 aromatic rings. The van der Waals surface area contributed by atoms with Crippen LogP contribution < -0.4 is 10.6 Å². The minimum atomic E-state index is -0.564. The summed E-state index contributed by atoms with van der Waals surface area (Å²) in [6, 6.07) is 10.5. The van der Waals surface area contributed by atoms with Crippen molar-refractivity contribution in [2.75, 3.05) is 17.7 Å². The average molecular weight is 324 g/mol. The smallest absolute Gasteiger partial charge is 0.257 e. The van der Waals surface area contributed by atoms with Gasteiger partial charge in [0.05, 0.1) is 16.9 Å². The Hall–Kier alpha value is -3.47. The predicted molar refractivity (Wildman–Crippen MR) is 84.8 cm³/mol. The Balaban J connectivity index is 2.04. The summed E-state index contributed by atoms with van der Waals surface area (Å²) in [5, 5.41) is 8.24. The van der Waals surface area contributed by atoms with E-state index in [0.717, 1.165) is 0 Å². The van der Waals surface area contributed by atoms with E-state index in [2.05, 4.69) is 27.3 Å². The van der Waals surface area contributed by atoms with Crippen LogP contribution in [0.4, 0.5) is 26.0 Å². The van der Waals surface area contributed by atoms with Gasteiger partial charge in [0, 0.05) is 24.6 Å². The summed E-state index contributed by atoms with van der Waals surface area (Å²) < 4.78 is 29.0. The Morgan fingerprint density at radius 3 is 2.88 bits per heavy atom. The van der Waals surface area contributed by atoms with Gasteiger partial charge in [0.1, 0.15) is 18.0 Å². The molecule has 0 saturated heterocycles. The van der Waals surface area contributed by atoms with Gasteiger partial charge < -0.3 is 10.6 Å². The highest BCUT2D eigenvalue weighted by atomic mass is 19.1. The van der Waals surface area contributed by atoms with Crippen LogP contribution >= 0.6 is 0 Å². The van der Waals surface area contributed by atoms with Gasteiger partial charge in [-0.25, -0.2) is 4.39 Å². The SMILES string of the molecule is CN(c1cc#cc(F)c1)c1nc2nncn2c2cc(N)c(F)cc12. The summed E-state index contributed by atoms with van der Waals surface area (Å²) in [6.45, 7) is 0. The van der Waals surface area contributed by atoms with Crippen molar-refractivity contribution in [3.63, 3.8) is 0 Å². The van der Waals surface area contributed by atoms with Crippen molar-refractivity contribution >= 4 is 33.9 Å². The molecule has 0 aliphatic carbocycles. The van der Waals surface area contributed by atoms with Gasteiger partial charge in [-0.15, -0.1) is 10.2 Å². The largest absolute Gasteiger partial charge is 0.396 e. The molecule has 2 heterocycles. The Morgan fingerprint density at radius 2 is 2.08 bits per heavy atom. The lowest BCUT2D eigenvalue weighted by molar-refractivity contribution is 0.628. The maximum absolute atomic E-state index is 14.0. The fourth-order valence-electron chi connectivity index (χ4n) is 2.54. The van der Waals surface area contributed by atoms with Gasteiger partial charge in [-0.3, -0.25) is 4.40 Å². The lowest BCUT2D eigenvalue weighted by atomic mass is 10.2. The number of rotatable bonds is 2. The number of nitrogens with zero attached hydrogens (tertiary/aromatic N) is 5. The molecule has 0 aliphatic heterocycles. The van der Waals surface area contributed by atoms with Gasteiger partial charge in [-0.1, -0.05) is 6.07 Å². The van der Waals surface area contributed by atoms with E-state index in [1.165, 1.54) is 24.5 Å². The molecular formula is C16H10F2N6. The number of nitrogen functional groups attached to an aromatic ring is 1. The fraction of sp³-hybridized carbons (Fsp3) is 0.0625. The highest BCUT2D eigenvalue weighted by Crippen LogP contribution is 2.32. The third-order valence-electron chi connectivity index (χ3n) is 3.74. The van der Waals surface area contributed by atoms with Crippen LogP contribution in [0.15, 0.2) is 30.6 Å². The van der Waals surface area contributed by atoms with Crippen LogP contribution in [-0.2, 0) is 0 Å². The molecule has 0 spiro atoms. The van der Waals surface area contributed by atoms with E-state index < -0.39 is 11.6 Å². The van der Waals surface area contributed by atoms with Crippen molar-refractivity contribution in [3.05, 3.63) is 54.4 Å². The second kappa shape index (κ2) is 5.03. The van der Waals surface area contributed by atoms with Crippen molar-refractivity contribution in [1.82, 2.24) is 19.6 Å². The molecule has 2 aromatic heterocycles. The quantitative estimate of drug-likeness (QED) is 0.574. The Kier molecular flexibility index (Phi) is 2.96. The van der Waals surface area contributed by atoms with Gasteiger partial charge in [0.25, 0.3) is 5.78 Å². The first kappa shape index (κ1) is 14.1. The number of halogens is 2. The maximum Gasteiger partial charge on any atom is 0.257 e. The van der Waals surface area contributed by atoms with Crippen LogP contribution in [0.1, 0.15) is 0 Å². The van der Waals surface area contributed by atoms with E-state index in [4.69, 9.17) is 5.73 Å². The lowest BCUT2D eigenvalue weighted by Gasteiger charge is -2.20. The van der Waals surface area contributed by atoms with Crippen molar-refractivity contribution in [2.45, 2.75) is 0 Å². The third kappa shape index (κ3) is 2.06. The molecule has 24 heavy (non-hydrogen) atoms. The van der Waals surface area contributed by atoms with E-state index in [0.29, 0.717) is 28.2 Å². The normalized spacial score (nSPS) is 11.0. The zero-order valence-electron chi connectivity index (χ0n) is 12.5. The van der Waals surface area contributed by atoms with E-state index in [-0.39, 0.29) is 5.69 Å². The minimum absolute atomic E-state index is 0.00555. The molecule has 0 atom stereocenters. The van der Waals surface area contributed by atoms with Gasteiger partial charge in [-0.2, -0.15) is 9.37 Å². The Morgan fingerprint density at radius 1 is 1.25 bits per heavy atom. The van der Waals surface area contributed by atoms with Gasteiger partial charge in [-0.05, 0) is 18.2 Å². The molecule has 0 radical (unpaired) electrons. The maximum atomic E-state index is 14.0. The standard InChI is InChI=1S/C16H10F2N6/c1-23(10-4-2-3-9(17)5-10)15-11-6-12(18)13(19)7-14(11)24-8-20-22-16(24)21-15/h4-8H,19H2,1H3. The zero-order chi connectivity index (χ0) is 16.8. The van der Waals surface area contributed by atoms with Gasteiger partial charge >= 0.3 is 0 Å². The molecule has 2 aromatic carbocycles. The van der Waals surface area contributed by atoms with Crippen LogP contribution in [0.2, 0.25) is 0 Å². The second-order valence-corrected chi connectivity index (χ2v) is 5.22. The molecule has 6 nitrogen and oxygen atoms in total. The topological polar surface area (TPSA) is 72.3 Å². The summed E-state index contributed by atoms with van der Waals surface area (Å²) in [5.41, 5.74) is 6.77. The molecule has 0 amide bonds. The van der Waals surface area contributed by atoms with E-state index in [1.807, 2.05) is 0 Å². The van der Waals surface area contributed by atoms with E-state index in [1.54, 1.807) is 22.4 Å². The first-order valence-electron chi connectivity index (χ1n) is 6.95. The molecular weight excluding hydrogens is 314 g/mol. The molecule has 2 N–H and O–H groups in total. The molecule has 0 aliphatic rings.